The molecule has 4 bridgehead atoms. The number of anilines is 1. The lowest BCUT2D eigenvalue weighted by molar-refractivity contribution is -0.123. The van der Waals surface area contributed by atoms with Gasteiger partial charge >= 0.3 is 0 Å². The summed E-state index contributed by atoms with van der Waals surface area (Å²) >= 11 is 0. The lowest BCUT2D eigenvalue weighted by Gasteiger charge is -2.38. The predicted octanol–water partition coefficient (Wildman–Crippen LogP) is 1.98. The second-order valence-electron chi connectivity index (χ2n) is 10.9. The zero-order valence-electron chi connectivity index (χ0n) is 24.6. The van der Waals surface area contributed by atoms with Crippen LogP contribution in [0.15, 0.2) is 59.5 Å². The second kappa shape index (κ2) is 12.3. The molecule has 0 saturated carbocycles. The Kier molecular flexibility index (Phi) is 8.25. The van der Waals surface area contributed by atoms with E-state index < -0.39 is 28.1 Å². The third kappa shape index (κ3) is 6.37. The fraction of sp³-hybridized carbons (Fsp3) is 0.323. The average molecular weight is 637 g/mol. The first-order valence-corrected chi connectivity index (χ1v) is 15.8. The Balaban J connectivity index is 1.32. The lowest BCUT2D eigenvalue weighted by Crippen LogP contribution is -2.58. The van der Waals surface area contributed by atoms with Gasteiger partial charge in [-0.1, -0.05) is 6.07 Å². The van der Waals surface area contributed by atoms with Gasteiger partial charge in [-0.2, -0.15) is 4.31 Å². The number of rotatable bonds is 3. The monoisotopic (exact) mass is 636 g/mol. The first kappa shape index (κ1) is 30.2. The molecule has 3 aromatic carbocycles. The summed E-state index contributed by atoms with van der Waals surface area (Å²) in [5.41, 5.74) is 2.00. The molecule has 0 spiro atoms. The molecule has 1 fully saturated rings. The topological polar surface area (TPSA) is 162 Å². The van der Waals surface area contributed by atoms with Crippen molar-refractivity contribution >= 4 is 33.4 Å². The van der Waals surface area contributed by atoms with Gasteiger partial charge in [-0.25, -0.2) is 8.42 Å². The molecule has 0 unspecified atom stereocenters. The van der Waals surface area contributed by atoms with Crippen molar-refractivity contribution in [2.75, 3.05) is 38.7 Å². The fourth-order valence-corrected chi connectivity index (χ4v) is 6.93. The van der Waals surface area contributed by atoms with Crippen LogP contribution in [0.4, 0.5) is 5.69 Å². The van der Waals surface area contributed by atoms with Crippen LogP contribution in [0.5, 0.6) is 23.0 Å². The maximum absolute atomic E-state index is 13.8. The molecule has 45 heavy (non-hydrogen) atoms. The molecule has 3 amide bonds. The summed E-state index contributed by atoms with van der Waals surface area (Å²) in [6.45, 7) is 1.62. The smallest absolute Gasteiger partial charge is 0.262 e. The SMILES string of the molecule is COc1cc2ccc1CNC(=O)COc1cc(ccc1C)C(=O)N[C@H]1CN(S(=O)(=O)c3ccc4c(c3)NC(=O)CO4)CC[C@H]1O2. The molecular weight excluding hydrogens is 604 g/mol. The third-order valence-corrected chi connectivity index (χ3v) is 9.74. The molecule has 3 aromatic rings. The van der Waals surface area contributed by atoms with E-state index in [1.807, 2.05) is 0 Å². The minimum absolute atomic E-state index is 0.0224. The van der Waals surface area contributed by atoms with Gasteiger partial charge in [0.1, 0.15) is 29.1 Å². The number of hydrogen-bond donors (Lipinski definition) is 3. The van der Waals surface area contributed by atoms with E-state index >= 15 is 0 Å². The number of fused-ring (bicyclic) bond motifs is 8. The van der Waals surface area contributed by atoms with Gasteiger partial charge in [-0.15, -0.1) is 0 Å². The second-order valence-corrected chi connectivity index (χ2v) is 12.8. The van der Waals surface area contributed by atoms with Gasteiger partial charge < -0.3 is 34.9 Å². The molecule has 4 aliphatic rings. The Morgan fingerprint density at radius 3 is 2.56 bits per heavy atom. The predicted molar refractivity (Wildman–Crippen MR) is 161 cm³/mol. The molecule has 0 aromatic heterocycles. The summed E-state index contributed by atoms with van der Waals surface area (Å²) in [6.07, 6.45) is -0.333. The Morgan fingerprint density at radius 2 is 1.73 bits per heavy atom. The Hall–Kier alpha value is -4.82. The van der Waals surface area contributed by atoms with E-state index in [0.29, 0.717) is 23.0 Å². The molecule has 13 nitrogen and oxygen atoms in total. The average Bonchev–Trinajstić information content (AvgIpc) is 3.03. The Morgan fingerprint density at radius 1 is 0.933 bits per heavy atom. The number of nitrogens with zero attached hydrogens (tertiary/aromatic N) is 1. The zero-order valence-corrected chi connectivity index (χ0v) is 25.4. The minimum atomic E-state index is -4.04. The van der Waals surface area contributed by atoms with Crippen molar-refractivity contribution in [1.82, 2.24) is 14.9 Å². The maximum Gasteiger partial charge on any atom is 0.262 e. The van der Waals surface area contributed by atoms with E-state index in [4.69, 9.17) is 18.9 Å². The largest absolute Gasteiger partial charge is 0.496 e. The number of ether oxygens (including phenoxy) is 4. The fourth-order valence-electron chi connectivity index (χ4n) is 5.43. The maximum atomic E-state index is 13.8. The number of amides is 3. The van der Waals surface area contributed by atoms with E-state index in [0.717, 1.165) is 11.1 Å². The zero-order chi connectivity index (χ0) is 31.7. The minimum Gasteiger partial charge on any atom is -0.496 e. The number of carbonyl (C=O) groups is 3. The number of sulfonamides is 1. The van der Waals surface area contributed by atoms with Gasteiger partial charge in [0.2, 0.25) is 10.0 Å². The lowest BCUT2D eigenvalue weighted by atomic mass is 10.0. The van der Waals surface area contributed by atoms with Crippen molar-refractivity contribution in [2.45, 2.75) is 36.9 Å². The first-order chi connectivity index (χ1) is 21.6. The van der Waals surface area contributed by atoms with Gasteiger partial charge in [-0.05, 0) is 55.0 Å². The van der Waals surface area contributed by atoms with Crippen LogP contribution in [0.1, 0.15) is 27.9 Å². The number of methoxy groups -OCH3 is 1. The van der Waals surface area contributed by atoms with E-state index in [2.05, 4.69) is 16.0 Å². The number of piperidine rings is 1. The molecule has 4 heterocycles. The van der Waals surface area contributed by atoms with Crippen LogP contribution in [0, 0.1) is 6.92 Å². The van der Waals surface area contributed by atoms with Gasteiger partial charge in [0, 0.05) is 43.2 Å². The highest BCUT2D eigenvalue weighted by molar-refractivity contribution is 7.89. The van der Waals surface area contributed by atoms with Crippen LogP contribution in [-0.4, -0.2) is 76.0 Å². The number of benzene rings is 3. The van der Waals surface area contributed by atoms with Crippen LogP contribution in [0.2, 0.25) is 0 Å². The number of nitrogens with one attached hydrogen (secondary N) is 3. The number of carbonyl (C=O) groups excluding carboxylic acids is 3. The summed E-state index contributed by atoms with van der Waals surface area (Å²) < 4.78 is 51.9. The van der Waals surface area contributed by atoms with Crippen molar-refractivity contribution < 1.29 is 41.7 Å². The van der Waals surface area contributed by atoms with Crippen molar-refractivity contribution in [3.8, 4) is 23.0 Å². The Labute approximate surface area is 259 Å². The summed E-state index contributed by atoms with van der Waals surface area (Å²) in [7, 11) is -2.53. The van der Waals surface area contributed by atoms with Crippen LogP contribution in [-0.2, 0) is 26.2 Å². The molecule has 1 saturated heterocycles. The normalized spacial score (nSPS) is 20.5. The number of hydrogen-bond acceptors (Lipinski definition) is 9. The highest BCUT2D eigenvalue weighted by Crippen LogP contribution is 2.33. The molecule has 3 N–H and O–H groups in total. The van der Waals surface area contributed by atoms with Crippen LogP contribution in [0.3, 0.4) is 0 Å². The van der Waals surface area contributed by atoms with Crippen LogP contribution >= 0.6 is 0 Å². The molecule has 0 aliphatic carbocycles. The highest BCUT2D eigenvalue weighted by Gasteiger charge is 2.38. The van der Waals surface area contributed by atoms with E-state index in [1.54, 1.807) is 43.3 Å². The summed E-state index contributed by atoms with van der Waals surface area (Å²) in [6, 6.07) is 13.6. The molecule has 14 heteroatoms. The summed E-state index contributed by atoms with van der Waals surface area (Å²) in [4.78, 5) is 37.9. The van der Waals surface area contributed by atoms with Crippen LogP contribution < -0.4 is 34.9 Å². The molecule has 7 rings (SSSR count). The number of aryl methyl sites for hydroxylation is 1. The van der Waals surface area contributed by atoms with Crippen molar-refractivity contribution in [3.05, 3.63) is 71.3 Å². The molecule has 4 aliphatic heterocycles. The van der Waals surface area contributed by atoms with Crippen molar-refractivity contribution in [3.63, 3.8) is 0 Å². The standard InChI is InChI=1S/C31H32N4O9S/c1-18-3-4-19-11-27(18)43-16-29(36)32-14-20-5-6-21(12-28(20)41-2)44-26-9-10-35(15-24(26)34-31(19)38)45(39,40)22-7-8-25-23(13-22)33-30(37)17-42-25/h3-8,11-13,24,26H,9-10,14-17H2,1-2H3,(H,32,36)(H,33,37)(H,34,38)/t24-,26+/m0/s1. The molecular formula is C31H32N4O9S. The van der Waals surface area contributed by atoms with E-state index in [-0.39, 0.29) is 67.2 Å². The van der Waals surface area contributed by atoms with Gasteiger partial charge in [0.15, 0.2) is 13.2 Å². The summed E-state index contributed by atoms with van der Waals surface area (Å²) in [5, 5.41) is 8.41. The quantitative estimate of drug-likeness (QED) is 0.391. The van der Waals surface area contributed by atoms with Crippen molar-refractivity contribution in [2.24, 2.45) is 0 Å². The van der Waals surface area contributed by atoms with E-state index in [9.17, 15) is 22.8 Å². The third-order valence-electron chi connectivity index (χ3n) is 7.88. The van der Waals surface area contributed by atoms with Crippen LogP contribution in [0.25, 0.3) is 0 Å². The van der Waals surface area contributed by atoms with Gasteiger partial charge in [0.25, 0.3) is 17.7 Å². The summed E-state index contributed by atoms with van der Waals surface area (Å²) in [5.74, 6) is 0.501. The van der Waals surface area contributed by atoms with Crippen molar-refractivity contribution in [1.29, 1.82) is 0 Å². The van der Waals surface area contributed by atoms with E-state index in [1.165, 1.54) is 29.6 Å². The molecule has 236 valence electrons. The first-order valence-electron chi connectivity index (χ1n) is 14.3. The Bertz CT molecular complexity index is 1780. The highest BCUT2D eigenvalue weighted by atomic mass is 32.2. The molecule has 2 atom stereocenters. The molecule has 0 radical (unpaired) electrons. The van der Waals surface area contributed by atoms with Gasteiger partial charge in [-0.3, -0.25) is 14.4 Å². The van der Waals surface area contributed by atoms with Gasteiger partial charge in [0.05, 0.1) is 23.7 Å².